The van der Waals surface area contributed by atoms with Crippen molar-refractivity contribution in [3.8, 4) is 17.2 Å². The van der Waals surface area contributed by atoms with Gasteiger partial charge < -0.3 is 23.7 Å². The minimum Gasteiger partial charge on any atom is -0.497 e. The summed E-state index contributed by atoms with van der Waals surface area (Å²) >= 11 is 8.20. The fourth-order valence-corrected chi connectivity index (χ4v) is 7.55. The summed E-state index contributed by atoms with van der Waals surface area (Å²) in [4.78, 5) is 41.3. The molecule has 220 valence electrons. The first-order chi connectivity index (χ1) is 20.0. The molecule has 2 aromatic rings. The van der Waals surface area contributed by atoms with E-state index in [1.54, 1.807) is 62.6 Å². The Bertz CT molecular complexity index is 1540. The highest BCUT2D eigenvalue weighted by atomic mass is 32.2. The molecule has 0 aromatic heterocycles. The van der Waals surface area contributed by atoms with E-state index in [4.69, 9.17) is 35.9 Å². The van der Waals surface area contributed by atoms with Crippen LogP contribution in [0.4, 0.5) is 5.69 Å². The van der Waals surface area contributed by atoms with Crippen molar-refractivity contribution < 1.29 is 38.1 Å². The second-order valence-corrected chi connectivity index (χ2v) is 12.1. The van der Waals surface area contributed by atoms with Crippen molar-refractivity contribution in [2.24, 2.45) is 0 Å². The van der Waals surface area contributed by atoms with E-state index in [2.05, 4.69) is 0 Å². The third-order valence-electron chi connectivity index (χ3n) is 6.64. The summed E-state index contributed by atoms with van der Waals surface area (Å²) < 4.78 is 26.6. The highest BCUT2D eigenvalue weighted by Crippen LogP contribution is 2.56. The summed E-state index contributed by atoms with van der Waals surface area (Å²) in [7, 11) is 7.13. The van der Waals surface area contributed by atoms with Gasteiger partial charge in [0.05, 0.1) is 55.9 Å². The SMILES string of the molecule is COC(=O)C1=C(C(=O)OC)SC(=C2C(=S)C(C)(C)N(C(=O)/C=C\c3ccc(OC)c(OC)c3)c3ccc(OC)cc32)S1. The summed E-state index contributed by atoms with van der Waals surface area (Å²) in [5, 5.41) is 0. The number of carbonyl (C=O) groups excluding carboxylic acids is 3. The summed E-state index contributed by atoms with van der Waals surface area (Å²) in [6.45, 7) is 3.71. The molecule has 2 aliphatic rings. The number of carbonyl (C=O) groups is 3. The van der Waals surface area contributed by atoms with Crippen LogP contribution in [0.25, 0.3) is 11.6 Å². The molecule has 0 N–H and O–H groups in total. The number of nitrogens with zero attached hydrogens (tertiary/aromatic N) is 1. The maximum absolute atomic E-state index is 13.9. The van der Waals surface area contributed by atoms with Crippen LogP contribution < -0.4 is 19.1 Å². The fourth-order valence-electron chi connectivity index (χ4n) is 4.52. The Balaban J connectivity index is 1.82. The van der Waals surface area contributed by atoms with Crippen LogP contribution in [0.5, 0.6) is 17.2 Å². The summed E-state index contributed by atoms with van der Waals surface area (Å²) in [5.74, 6) is 0.0423. The average molecular weight is 628 g/mol. The Hall–Kier alpha value is -3.74. The number of benzene rings is 2. The van der Waals surface area contributed by atoms with Crippen molar-refractivity contribution in [3.63, 3.8) is 0 Å². The van der Waals surface area contributed by atoms with Gasteiger partial charge in [-0.2, -0.15) is 0 Å². The molecule has 4 rings (SSSR count). The predicted molar refractivity (Wildman–Crippen MR) is 169 cm³/mol. The molecule has 1 amide bonds. The molecule has 0 radical (unpaired) electrons. The van der Waals surface area contributed by atoms with Gasteiger partial charge in [0.2, 0.25) is 0 Å². The Labute approximate surface area is 257 Å². The van der Waals surface area contributed by atoms with Crippen LogP contribution >= 0.6 is 35.7 Å². The van der Waals surface area contributed by atoms with E-state index >= 15 is 0 Å². The smallest absolute Gasteiger partial charge is 0.346 e. The molecule has 12 heteroatoms. The Kier molecular flexibility index (Phi) is 9.39. The van der Waals surface area contributed by atoms with Crippen LogP contribution in [0.3, 0.4) is 0 Å². The monoisotopic (exact) mass is 627 g/mol. The van der Waals surface area contributed by atoms with E-state index in [9.17, 15) is 14.4 Å². The Morgan fingerprint density at radius 2 is 1.45 bits per heavy atom. The van der Waals surface area contributed by atoms with Gasteiger partial charge in [-0.25, -0.2) is 9.59 Å². The molecular formula is C30H29NO8S3. The molecule has 2 aliphatic heterocycles. The van der Waals surface area contributed by atoms with Gasteiger partial charge in [0.1, 0.15) is 15.6 Å². The van der Waals surface area contributed by atoms with Gasteiger partial charge >= 0.3 is 11.9 Å². The van der Waals surface area contributed by atoms with Crippen LogP contribution in [0.1, 0.15) is 25.0 Å². The number of hydrogen-bond donors (Lipinski definition) is 0. The van der Waals surface area contributed by atoms with E-state index in [0.29, 0.717) is 43.2 Å². The van der Waals surface area contributed by atoms with Crippen LogP contribution in [-0.4, -0.2) is 63.8 Å². The zero-order chi connectivity index (χ0) is 30.8. The van der Waals surface area contributed by atoms with E-state index in [1.165, 1.54) is 20.3 Å². The summed E-state index contributed by atoms with van der Waals surface area (Å²) in [5.41, 5.74) is 1.60. The van der Waals surface area contributed by atoms with Crippen LogP contribution in [0.2, 0.25) is 0 Å². The van der Waals surface area contributed by atoms with Crippen LogP contribution in [-0.2, 0) is 23.9 Å². The average Bonchev–Trinajstić information content (AvgIpc) is 3.44. The maximum atomic E-state index is 13.9. The number of amides is 1. The molecule has 0 spiro atoms. The van der Waals surface area contributed by atoms with E-state index in [-0.39, 0.29) is 15.7 Å². The number of fused-ring (bicyclic) bond motifs is 1. The number of methoxy groups -OCH3 is 5. The molecule has 0 fully saturated rings. The molecule has 2 aromatic carbocycles. The fraction of sp³-hybridized carbons (Fsp3) is 0.267. The number of esters is 2. The second-order valence-electron chi connectivity index (χ2n) is 9.40. The van der Waals surface area contributed by atoms with E-state index in [1.807, 2.05) is 19.9 Å². The lowest BCUT2D eigenvalue weighted by atomic mass is 9.83. The molecular weight excluding hydrogens is 599 g/mol. The largest absolute Gasteiger partial charge is 0.497 e. The molecule has 0 unspecified atom stereocenters. The standard InChI is InChI=1S/C30H29NO8S3/c1-30(2)26(40)23(29-41-24(27(33)38-6)25(42-29)28(34)39-7)18-15-17(35-3)10-11-19(18)31(30)22(32)13-9-16-8-12-20(36-4)21(14-16)37-5/h8-15H,1-7H3/b13-9-. The van der Waals surface area contributed by atoms with Gasteiger partial charge in [0, 0.05) is 17.2 Å². The first kappa shape index (κ1) is 31.2. The first-order valence-corrected chi connectivity index (χ1v) is 14.5. The molecule has 2 heterocycles. The van der Waals surface area contributed by atoms with Crippen molar-refractivity contribution in [1.82, 2.24) is 0 Å². The number of thioether (sulfide) groups is 2. The molecule has 0 saturated heterocycles. The van der Waals surface area contributed by atoms with Crippen molar-refractivity contribution in [1.29, 1.82) is 0 Å². The molecule has 0 atom stereocenters. The zero-order valence-corrected chi connectivity index (χ0v) is 26.5. The van der Waals surface area contributed by atoms with Crippen molar-refractivity contribution in [2.75, 3.05) is 40.4 Å². The van der Waals surface area contributed by atoms with Gasteiger partial charge in [-0.3, -0.25) is 9.69 Å². The summed E-state index contributed by atoms with van der Waals surface area (Å²) in [6.07, 6.45) is 3.17. The van der Waals surface area contributed by atoms with Gasteiger partial charge in [-0.15, -0.1) is 0 Å². The molecule has 0 saturated carbocycles. The Morgan fingerprint density at radius 3 is 2.00 bits per heavy atom. The van der Waals surface area contributed by atoms with Crippen LogP contribution in [0, 0.1) is 0 Å². The normalized spacial score (nSPS) is 16.0. The second kappa shape index (κ2) is 12.6. The lowest BCUT2D eigenvalue weighted by molar-refractivity contribution is -0.138. The third kappa shape index (κ3) is 5.66. The van der Waals surface area contributed by atoms with Crippen molar-refractivity contribution in [2.45, 2.75) is 19.4 Å². The van der Waals surface area contributed by atoms with Crippen molar-refractivity contribution >= 4 is 75.8 Å². The number of anilines is 1. The first-order valence-electron chi connectivity index (χ1n) is 12.5. The maximum Gasteiger partial charge on any atom is 0.346 e. The number of rotatable bonds is 7. The van der Waals surface area contributed by atoms with Crippen LogP contribution in [0.15, 0.2) is 56.5 Å². The van der Waals surface area contributed by atoms with Gasteiger partial charge in [0.15, 0.2) is 11.5 Å². The minimum atomic E-state index is -0.973. The number of thiocarbonyl (C=S) groups is 1. The van der Waals surface area contributed by atoms with E-state index < -0.39 is 17.5 Å². The molecule has 0 bridgehead atoms. The highest BCUT2D eigenvalue weighted by molar-refractivity contribution is 8.29. The highest BCUT2D eigenvalue weighted by Gasteiger charge is 2.45. The van der Waals surface area contributed by atoms with E-state index in [0.717, 1.165) is 29.1 Å². The lowest BCUT2D eigenvalue weighted by Gasteiger charge is -2.45. The minimum absolute atomic E-state index is 0.110. The molecule has 0 aliphatic carbocycles. The Morgan fingerprint density at radius 1 is 0.833 bits per heavy atom. The quantitative estimate of drug-likeness (QED) is 0.217. The molecule has 42 heavy (non-hydrogen) atoms. The summed E-state index contributed by atoms with van der Waals surface area (Å²) in [6, 6.07) is 10.7. The third-order valence-corrected chi connectivity index (χ3v) is 9.91. The van der Waals surface area contributed by atoms with Gasteiger partial charge in [-0.1, -0.05) is 41.8 Å². The number of ether oxygens (including phenoxy) is 5. The molecule has 9 nitrogen and oxygen atoms in total. The van der Waals surface area contributed by atoms with Crippen molar-refractivity contribution in [3.05, 3.63) is 67.6 Å². The van der Waals surface area contributed by atoms with Gasteiger partial charge in [0.25, 0.3) is 5.91 Å². The lowest BCUT2D eigenvalue weighted by Crippen LogP contribution is -2.55. The number of hydrogen-bond acceptors (Lipinski definition) is 11. The zero-order valence-electron chi connectivity index (χ0n) is 24.1. The predicted octanol–water partition coefficient (Wildman–Crippen LogP) is 5.63. The van der Waals surface area contributed by atoms with Gasteiger partial charge in [-0.05, 0) is 55.8 Å². The topological polar surface area (TPSA) is 101 Å².